The molecule has 1 heterocycles. The summed E-state index contributed by atoms with van der Waals surface area (Å²) in [6.45, 7) is 2.28. The van der Waals surface area contributed by atoms with E-state index in [2.05, 4.69) is 6.92 Å². The first kappa shape index (κ1) is 8.55. The summed E-state index contributed by atoms with van der Waals surface area (Å²) in [5, 5.41) is 0. The lowest BCUT2D eigenvalue weighted by Crippen LogP contribution is -2.13. The second-order valence-electron chi connectivity index (χ2n) is 4.39. The first-order chi connectivity index (χ1) is 5.90. The van der Waals surface area contributed by atoms with Gasteiger partial charge in [0.1, 0.15) is 0 Å². The van der Waals surface area contributed by atoms with Crippen LogP contribution in [0.2, 0.25) is 0 Å². The molecule has 2 rings (SSSR count). The average Bonchev–Trinajstić information content (AvgIpc) is 2.83. The topological polar surface area (TPSA) is 12.5 Å². The van der Waals surface area contributed by atoms with Crippen LogP contribution < -0.4 is 0 Å². The van der Waals surface area contributed by atoms with E-state index in [1.807, 2.05) is 0 Å². The van der Waals surface area contributed by atoms with Crippen LogP contribution in [0.3, 0.4) is 0 Å². The molecule has 0 aromatic rings. The van der Waals surface area contributed by atoms with Crippen molar-refractivity contribution >= 4 is 0 Å². The summed E-state index contributed by atoms with van der Waals surface area (Å²) >= 11 is 0. The third-order valence-corrected chi connectivity index (χ3v) is 3.33. The maximum atomic E-state index is 5.51. The van der Waals surface area contributed by atoms with Crippen molar-refractivity contribution in [3.63, 3.8) is 0 Å². The molecule has 3 atom stereocenters. The number of ether oxygens (including phenoxy) is 1. The van der Waals surface area contributed by atoms with Crippen LogP contribution in [0.5, 0.6) is 0 Å². The lowest BCUT2D eigenvalue weighted by atomic mass is 9.86. The lowest BCUT2D eigenvalue weighted by Gasteiger charge is -2.18. The lowest BCUT2D eigenvalue weighted by molar-refractivity contribution is 0.344. The molecule has 1 saturated heterocycles. The SMILES string of the molecule is CCCCCC1CCC2OC2C1. The van der Waals surface area contributed by atoms with Crippen LogP contribution >= 0.6 is 0 Å². The molecule has 2 aliphatic rings. The molecule has 0 spiro atoms. The maximum absolute atomic E-state index is 5.51. The summed E-state index contributed by atoms with van der Waals surface area (Å²) in [6, 6.07) is 0. The van der Waals surface area contributed by atoms with Crippen molar-refractivity contribution in [3.8, 4) is 0 Å². The molecule has 70 valence electrons. The molecule has 0 radical (unpaired) electrons. The minimum atomic E-state index is 0.686. The highest BCUT2D eigenvalue weighted by atomic mass is 16.6. The van der Waals surface area contributed by atoms with Gasteiger partial charge in [0, 0.05) is 0 Å². The zero-order valence-electron chi connectivity index (χ0n) is 8.09. The Balaban J connectivity index is 1.61. The standard InChI is InChI=1S/C11H20O/c1-2-3-4-5-9-6-7-10-11(8-9)12-10/h9-11H,2-8H2,1H3. The molecule has 0 bridgehead atoms. The molecule has 1 saturated carbocycles. The Hall–Kier alpha value is -0.0400. The van der Waals surface area contributed by atoms with E-state index in [0.717, 1.165) is 5.92 Å². The van der Waals surface area contributed by atoms with Gasteiger partial charge in [-0.05, 0) is 25.2 Å². The summed E-state index contributed by atoms with van der Waals surface area (Å²) in [4.78, 5) is 0. The minimum absolute atomic E-state index is 0.686. The highest BCUT2D eigenvalue weighted by Crippen LogP contribution is 2.41. The normalized spacial score (nSPS) is 39.2. The molecule has 1 aliphatic carbocycles. The van der Waals surface area contributed by atoms with E-state index < -0.39 is 0 Å². The predicted octanol–water partition coefficient (Wildman–Crippen LogP) is 3.13. The van der Waals surface area contributed by atoms with Gasteiger partial charge < -0.3 is 4.74 Å². The monoisotopic (exact) mass is 168 g/mol. The molecule has 3 unspecified atom stereocenters. The third kappa shape index (κ3) is 2.01. The van der Waals surface area contributed by atoms with Crippen LogP contribution in [-0.4, -0.2) is 12.2 Å². The Bertz CT molecular complexity index is 144. The summed E-state index contributed by atoms with van der Waals surface area (Å²) in [5.41, 5.74) is 0. The molecule has 1 nitrogen and oxygen atoms in total. The van der Waals surface area contributed by atoms with E-state index >= 15 is 0 Å². The van der Waals surface area contributed by atoms with E-state index in [1.54, 1.807) is 0 Å². The van der Waals surface area contributed by atoms with E-state index in [0.29, 0.717) is 12.2 Å². The number of unbranched alkanes of at least 4 members (excludes halogenated alkanes) is 2. The molecule has 12 heavy (non-hydrogen) atoms. The minimum Gasteiger partial charge on any atom is -0.370 e. The van der Waals surface area contributed by atoms with Gasteiger partial charge in [0.05, 0.1) is 12.2 Å². The first-order valence-electron chi connectivity index (χ1n) is 5.55. The number of hydrogen-bond donors (Lipinski definition) is 0. The Morgan fingerprint density at radius 1 is 1.17 bits per heavy atom. The van der Waals surface area contributed by atoms with E-state index in [-0.39, 0.29) is 0 Å². The van der Waals surface area contributed by atoms with Crippen LogP contribution in [0.25, 0.3) is 0 Å². The first-order valence-corrected chi connectivity index (χ1v) is 5.55. The van der Waals surface area contributed by atoms with Crippen molar-refractivity contribution in [3.05, 3.63) is 0 Å². The number of hydrogen-bond acceptors (Lipinski definition) is 1. The molecular formula is C11H20O. The van der Waals surface area contributed by atoms with Crippen LogP contribution in [-0.2, 0) is 4.74 Å². The summed E-state index contributed by atoms with van der Waals surface area (Å²) in [6.07, 6.45) is 11.2. The number of fused-ring (bicyclic) bond motifs is 1. The van der Waals surface area contributed by atoms with Gasteiger partial charge in [0.15, 0.2) is 0 Å². The van der Waals surface area contributed by atoms with Crippen LogP contribution in [0, 0.1) is 5.92 Å². The van der Waals surface area contributed by atoms with Crippen molar-refractivity contribution in [2.75, 3.05) is 0 Å². The Morgan fingerprint density at radius 3 is 2.83 bits per heavy atom. The van der Waals surface area contributed by atoms with Crippen molar-refractivity contribution in [1.29, 1.82) is 0 Å². The fourth-order valence-corrected chi connectivity index (χ4v) is 2.43. The van der Waals surface area contributed by atoms with Gasteiger partial charge in [-0.15, -0.1) is 0 Å². The molecule has 0 aromatic carbocycles. The largest absolute Gasteiger partial charge is 0.370 e. The Labute approximate surface area is 75.5 Å². The number of epoxide rings is 1. The van der Waals surface area contributed by atoms with E-state index in [9.17, 15) is 0 Å². The van der Waals surface area contributed by atoms with E-state index in [1.165, 1.54) is 44.9 Å². The summed E-state index contributed by atoms with van der Waals surface area (Å²) in [7, 11) is 0. The maximum Gasteiger partial charge on any atom is 0.0844 e. The van der Waals surface area contributed by atoms with Crippen molar-refractivity contribution in [2.45, 2.75) is 64.1 Å². The fraction of sp³-hybridized carbons (Fsp3) is 1.00. The Morgan fingerprint density at radius 2 is 2.08 bits per heavy atom. The summed E-state index contributed by atoms with van der Waals surface area (Å²) < 4.78 is 5.51. The van der Waals surface area contributed by atoms with Crippen LogP contribution in [0.1, 0.15) is 51.9 Å². The van der Waals surface area contributed by atoms with Crippen molar-refractivity contribution in [2.24, 2.45) is 5.92 Å². The van der Waals surface area contributed by atoms with Gasteiger partial charge in [0.2, 0.25) is 0 Å². The highest BCUT2D eigenvalue weighted by molar-refractivity contribution is 4.91. The molecule has 1 heteroatoms. The zero-order valence-corrected chi connectivity index (χ0v) is 8.09. The zero-order chi connectivity index (χ0) is 8.39. The second kappa shape index (κ2) is 3.78. The van der Waals surface area contributed by atoms with Gasteiger partial charge in [-0.1, -0.05) is 32.6 Å². The van der Waals surface area contributed by atoms with Gasteiger partial charge in [-0.25, -0.2) is 0 Å². The predicted molar refractivity (Wildman–Crippen MR) is 50.1 cm³/mol. The third-order valence-electron chi connectivity index (χ3n) is 3.33. The van der Waals surface area contributed by atoms with Crippen LogP contribution in [0.4, 0.5) is 0 Å². The van der Waals surface area contributed by atoms with Crippen molar-refractivity contribution < 1.29 is 4.74 Å². The van der Waals surface area contributed by atoms with Gasteiger partial charge in [-0.3, -0.25) is 0 Å². The van der Waals surface area contributed by atoms with Gasteiger partial charge in [-0.2, -0.15) is 0 Å². The van der Waals surface area contributed by atoms with Gasteiger partial charge >= 0.3 is 0 Å². The smallest absolute Gasteiger partial charge is 0.0844 e. The highest BCUT2D eigenvalue weighted by Gasteiger charge is 2.43. The quantitative estimate of drug-likeness (QED) is 0.464. The molecule has 0 aromatic heterocycles. The molecule has 0 N–H and O–H groups in total. The van der Waals surface area contributed by atoms with Crippen molar-refractivity contribution in [1.82, 2.24) is 0 Å². The molecule has 0 amide bonds. The molecular weight excluding hydrogens is 148 g/mol. The van der Waals surface area contributed by atoms with Crippen LogP contribution in [0.15, 0.2) is 0 Å². The fourth-order valence-electron chi connectivity index (χ4n) is 2.43. The summed E-state index contributed by atoms with van der Waals surface area (Å²) in [5.74, 6) is 1.00. The van der Waals surface area contributed by atoms with Gasteiger partial charge in [0.25, 0.3) is 0 Å². The number of rotatable bonds is 4. The molecule has 2 fully saturated rings. The Kier molecular flexibility index (Phi) is 2.69. The average molecular weight is 168 g/mol. The van der Waals surface area contributed by atoms with E-state index in [4.69, 9.17) is 4.74 Å². The second-order valence-corrected chi connectivity index (χ2v) is 4.39. The molecule has 1 aliphatic heterocycles.